The van der Waals surface area contributed by atoms with Gasteiger partial charge in [0.15, 0.2) is 0 Å². The molecule has 0 amide bonds. The van der Waals surface area contributed by atoms with Gasteiger partial charge in [0.05, 0.1) is 0 Å². The first-order valence-electron chi connectivity index (χ1n) is 5.20. The molecule has 1 atom stereocenters. The lowest BCUT2D eigenvalue weighted by atomic mass is 9.81. The van der Waals surface area contributed by atoms with Crippen molar-refractivity contribution in [2.24, 2.45) is 11.5 Å². The molecule has 0 aliphatic rings. The summed E-state index contributed by atoms with van der Waals surface area (Å²) < 4.78 is 0. The van der Waals surface area contributed by atoms with Gasteiger partial charge in [-0.3, -0.25) is 0 Å². The van der Waals surface area contributed by atoms with Gasteiger partial charge in [-0.2, -0.15) is 0 Å². The summed E-state index contributed by atoms with van der Waals surface area (Å²) in [6.07, 6.45) is 2.03. The fourth-order valence-electron chi connectivity index (χ4n) is 1.70. The Kier molecular flexibility index (Phi) is 3.53. The number of hydrogen-bond acceptors (Lipinski definition) is 2. The molecular formula is C13H20N2. The molecule has 15 heavy (non-hydrogen) atoms. The summed E-state index contributed by atoms with van der Waals surface area (Å²) in [5, 5.41) is 0. The van der Waals surface area contributed by atoms with Crippen molar-refractivity contribution in [3.05, 3.63) is 47.2 Å². The predicted octanol–water partition coefficient (Wildman–Crippen LogP) is 2.07. The summed E-state index contributed by atoms with van der Waals surface area (Å²) in [7, 11) is 0. The van der Waals surface area contributed by atoms with Crippen molar-refractivity contribution in [3.63, 3.8) is 0 Å². The summed E-state index contributed by atoms with van der Waals surface area (Å²) in [6, 6.07) is 8.43. The Bertz CT molecular complexity index is 347. The van der Waals surface area contributed by atoms with Crippen LogP contribution in [0.15, 0.2) is 36.0 Å². The predicted molar refractivity (Wildman–Crippen MR) is 65.5 cm³/mol. The van der Waals surface area contributed by atoms with Crippen molar-refractivity contribution in [2.75, 3.05) is 6.54 Å². The second kappa shape index (κ2) is 4.49. The molecule has 82 valence electrons. The Hall–Kier alpha value is -1.28. The van der Waals surface area contributed by atoms with Gasteiger partial charge in [-0.05, 0) is 19.4 Å². The lowest BCUT2D eigenvalue weighted by Crippen LogP contribution is -2.30. The normalized spacial score (nSPS) is 16.1. The molecule has 0 saturated carbocycles. The molecule has 4 N–H and O–H groups in total. The van der Waals surface area contributed by atoms with E-state index in [-0.39, 0.29) is 5.41 Å². The molecule has 0 radical (unpaired) electrons. The SMILES string of the molecule is C/C(N)=C/C(C)(CN)c1ccc(C)cc1. The fraction of sp³-hybridized carbons (Fsp3) is 0.385. The van der Waals surface area contributed by atoms with Gasteiger partial charge in [-0.1, -0.05) is 42.8 Å². The lowest BCUT2D eigenvalue weighted by Gasteiger charge is -2.25. The maximum absolute atomic E-state index is 5.83. The molecule has 0 aliphatic heterocycles. The van der Waals surface area contributed by atoms with Crippen molar-refractivity contribution in [1.82, 2.24) is 0 Å². The van der Waals surface area contributed by atoms with E-state index >= 15 is 0 Å². The highest BCUT2D eigenvalue weighted by Crippen LogP contribution is 2.25. The first-order valence-corrected chi connectivity index (χ1v) is 5.20. The minimum atomic E-state index is -0.160. The molecule has 2 nitrogen and oxygen atoms in total. The van der Waals surface area contributed by atoms with E-state index in [1.54, 1.807) is 0 Å². The zero-order chi connectivity index (χ0) is 11.5. The van der Waals surface area contributed by atoms with E-state index in [1.165, 1.54) is 11.1 Å². The van der Waals surface area contributed by atoms with Crippen LogP contribution in [0.4, 0.5) is 0 Å². The standard InChI is InChI=1S/C13H20N2/c1-10-4-6-12(7-5-10)13(3,9-14)8-11(2)15/h4-8H,9,14-15H2,1-3H3/b11-8-. The summed E-state index contributed by atoms with van der Waals surface area (Å²) in [5.74, 6) is 0. The number of benzene rings is 1. The van der Waals surface area contributed by atoms with Crippen LogP contribution in [0.25, 0.3) is 0 Å². The number of nitrogens with two attached hydrogens (primary N) is 2. The van der Waals surface area contributed by atoms with Gasteiger partial charge in [-0.25, -0.2) is 0 Å². The van der Waals surface area contributed by atoms with Crippen molar-refractivity contribution in [1.29, 1.82) is 0 Å². The molecule has 0 fully saturated rings. The number of allylic oxidation sites excluding steroid dienone is 1. The minimum absolute atomic E-state index is 0.160. The third-order valence-corrected chi connectivity index (χ3v) is 2.68. The highest BCUT2D eigenvalue weighted by Gasteiger charge is 2.21. The molecule has 0 heterocycles. The molecule has 0 spiro atoms. The summed E-state index contributed by atoms with van der Waals surface area (Å²) >= 11 is 0. The third-order valence-electron chi connectivity index (χ3n) is 2.68. The molecule has 1 aromatic carbocycles. The molecule has 0 aliphatic carbocycles. The molecule has 2 heteroatoms. The second-order valence-electron chi connectivity index (χ2n) is 4.38. The van der Waals surface area contributed by atoms with E-state index in [4.69, 9.17) is 11.5 Å². The van der Waals surface area contributed by atoms with Crippen LogP contribution >= 0.6 is 0 Å². The monoisotopic (exact) mass is 204 g/mol. The Labute approximate surface area is 92.0 Å². The third kappa shape index (κ3) is 2.83. The van der Waals surface area contributed by atoms with Crippen molar-refractivity contribution < 1.29 is 0 Å². The van der Waals surface area contributed by atoms with Crippen molar-refractivity contribution in [3.8, 4) is 0 Å². The molecule has 1 aromatic rings. The van der Waals surface area contributed by atoms with Crippen LogP contribution in [0.2, 0.25) is 0 Å². The number of hydrogen-bond donors (Lipinski definition) is 2. The van der Waals surface area contributed by atoms with Crippen LogP contribution in [-0.4, -0.2) is 6.54 Å². The second-order valence-corrected chi connectivity index (χ2v) is 4.38. The van der Waals surface area contributed by atoms with E-state index in [2.05, 4.69) is 38.1 Å². The lowest BCUT2D eigenvalue weighted by molar-refractivity contribution is 0.603. The summed E-state index contributed by atoms with van der Waals surface area (Å²) in [6.45, 7) is 6.63. The largest absolute Gasteiger partial charge is 0.402 e. The van der Waals surface area contributed by atoms with Gasteiger partial charge in [0.1, 0.15) is 0 Å². The first-order chi connectivity index (χ1) is 6.98. The van der Waals surface area contributed by atoms with Crippen molar-refractivity contribution in [2.45, 2.75) is 26.2 Å². The van der Waals surface area contributed by atoms with Crippen LogP contribution in [0.5, 0.6) is 0 Å². The highest BCUT2D eigenvalue weighted by molar-refractivity contribution is 5.33. The highest BCUT2D eigenvalue weighted by atomic mass is 14.6. The van der Waals surface area contributed by atoms with Gasteiger partial charge < -0.3 is 11.5 Å². The Balaban J connectivity index is 3.11. The van der Waals surface area contributed by atoms with Crippen molar-refractivity contribution >= 4 is 0 Å². The Morgan fingerprint density at radius 1 is 1.33 bits per heavy atom. The maximum atomic E-state index is 5.83. The maximum Gasteiger partial charge on any atom is 0.0246 e. The first kappa shape index (κ1) is 11.8. The van der Waals surface area contributed by atoms with E-state index in [0.29, 0.717) is 6.54 Å². The molecule has 0 bridgehead atoms. The van der Waals surface area contributed by atoms with E-state index in [1.807, 2.05) is 13.0 Å². The molecule has 1 rings (SSSR count). The van der Waals surface area contributed by atoms with E-state index in [9.17, 15) is 0 Å². The van der Waals surface area contributed by atoms with Crippen LogP contribution < -0.4 is 11.5 Å². The van der Waals surface area contributed by atoms with Gasteiger partial charge >= 0.3 is 0 Å². The Morgan fingerprint density at radius 3 is 2.27 bits per heavy atom. The fourth-order valence-corrected chi connectivity index (χ4v) is 1.70. The van der Waals surface area contributed by atoms with Crippen LogP contribution in [-0.2, 0) is 5.41 Å². The van der Waals surface area contributed by atoms with E-state index in [0.717, 1.165) is 5.70 Å². The molecule has 0 saturated heterocycles. The zero-order valence-electron chi connectivity index (χ0n) is 9.75. The van der Waals surface area contributed by atoms with E-state index < -0.39 is 0 Å². The number of rotatable bonds is 3. The van der Waals surface area contributed by atoms with Crippen LogP contribution in [0.3, 0.4) is 0 Å². The molecule has 0 aromatic heterocycles. The van der Waals surface area contributed by atoms with Gasteiger partial charge in [-0.15, -0.1) is 0 Å². The summed E-state index contributed by atoms with van der Waals surface area (Å²) in [5.41, 5.74) is 14.7. The Morgan fingerprint density at radius 2 is 1.87 bits per heavy atom. The van der Waals surface area contributed by atoms with Gasteiger partial charge in [0, 0.05) is 17.7 Å². The zero-order valence-corrected chi connectivity index (χ0v) is 9.75. The smallest absolute Gasteiger partial charge is 0.0246 e. The average Bonchev–Trinajstić information content (AvgIpc) is 2.17. The van der Waals surface area contributed by atoms with Gasteiger partial charge in [0.25, 0.3) is 0 Å². The molecule has 1 unspecified atom stereocenters. The molecular weight excluding hydrogens is 184 g/mol. The quantitative estimate of drug-likeness (QED) is 0.792. The van der Waals surface area contributed by atoms with Gasteiger partial charge in [0.2, 0.25) is 0 Å². The topological polar surface area (TPSA) is 52.0 Å². The summed E-state index contributed by atoms with van der Waals surface area (Å²) in [4.78, 5) is 0. The minimum Gasteiger partial charge on any atom is -0.402 e. The van der Waals surface area contributed by atoms with Crippen LogP contribution in [0, 0.1) is 6.92 Å². The number of aryl methyl sites for hydroxylation is 1. The van der Waals surface area contributed by atoms with Crippen LogP contribution in [0.1, 0.15) is 25.0 Å². The average molecular weight is 204 g/mol.